The minimum absolute atomic E-state index is 0.361. The minimum Gasteiger partial charge on any atom is -0.508 e. The topological polar surface area (TPSA) is 88.6 Å². The van der Waals surface area contributed by atoms with Gasteiger partial charge in [-0.05, 0) is 98.6 Å². The average Bonchev–Trinajstić information content (AvgIpc) is 2.94. The third kappa shape index (κ3) is 8.17. The van der Waals surface area contributed by atoms with Crippen LogP contribution < -0.4 is 21.3 Å². The van der Waals surface area contributed by atoms with E-state index in [0.717, 1.165) is 84.8 Å². The van der Waals surface area contributed by atoms with E-state index in [9.17, 15) is 10.2 Å². The summed E-state index contributed by atoms with van der Waals surface area (Å²) in [6.45, 7) is 7.29. The van der Waals surface area contributed by atoms with Gasteiger partial charge in [-0.15, -0.1) is 0 Å². The predicted molar refractivity (Wildman–Crippen MR) is 159 cm³/mol. The largest absolute Gasteiger partial charge is 0.508 e. The standard InChI is InChI=1S/C32H42N4O2/c37-31-15-13-25-9-1-3-11-27(25)29(31)23-35-21-7-19-33-17-5-6-18-34-20-8-22-36-24-30-28-12-4-2-10-26(28)14-16-32(30)38/h1-4,9-16,33-38H,5-8,17-24H2. The van der Waals surface area contributed by atoms with Crippen LogP contribution in [0.3, 0.4) is 0 Å². The fourth-order valence-corrected chi connectivity index (χ4v) is 4.87. The van der Waals surface area contributed by atoms with Crippen molar-refractivity contribution < 1.29 is 10.2 Å². The zero-order chi connectivity index (χ0) is 26.4. The van der Waals surface area contributed by atoms with Gasteiger partial charge < -0.3 is 31.5 Å². The molecule has 0 aliphatic heterocycles. The Morgan fingerprint density at radius 2 is 0.816 bits per heavy atom. The minimum atomic E-state index is 0.361. The van der Waals surface area contributed by atoms with Crippen molar-refractivity contribution in [3.8, 4) is 11.5 Å². The van der Waals surface area contributed by atoms with Crippen molar-refractivity contribution in [2.45, 2.75) is 38.8 Å². The Morgan fingerprint density at radius 3 is 1.29 bits per heavy atom. The SMILES string of the molecule is Oc1ccc2ccccc2c1CNCCCNCCCCNCCCNCc1c(O)ccc2ccccc12. The Bertz CT molecular complexity index is 1180. The molecule has 38 heavy (non-hydrogen) atoms. The molecule has 0 heterocycles. The molecular weight excluding hydrogens is 472 g/mol. The molecule has 0 aromatic heterocycles. The first kappa shape index (κ1) is 27.9. The van der Waals surface area contributed by atoms with Gasteiger partial charge in [-0.25, -0.2) is 0 Å². The van der Waals surface area contributed by atoms with Crippen LogP contribution in [-0.2, 0) is 13.1 Å². The second kappa shape index (κ2) is 15.3. The third-order valence-electron chi connectivity index (χ3n) is 7.01. The lowest BCUT2D eigenvalue weighted by Gasteiger charge is -2.11. The van der Waals surface area contributed by atoms with Crippen molar-refractivity contribution in [3.05, 3.63) is 83.9 Å². The number of aromatic hydroxyl groups is 2. The molecular formula is C32H42N4O2. The molecule has 6 nitrogen and oxygen atoms in total. The predicted octanol–water partition coefficient (Wildman–Crippen LogP) is 5.02. The molecule has 0 saturated heterocycles. The van der Waals surface area contributed by atoms with Crippen LogP contribution in [0.2, 0.25) is 0 Å². The maximum absolute atomic E-state index is 10.2. The van der Waals surface area contributed by atoms with E-state index in [0.29, 0.717) is 24.6 Å². The molecule has 6 heteroatoms. The molecule has 202 valence electrons. The summed E-state index contributed by atoms with van der Waals surface area (Å²) < 4.78 is 0. The summed E-state index contributed by atoms with van der Waals surface area (Å²) >= 11 is 0. The normalized spacial score (nSPS) is 11.5. The van der Waals surface area contributed by atoms with Gasteiger partial charge in [0.15, 0.2) is 0 Å². The Kier molecular flexibility index (Phi) is 11.2. The molecule has 4 aromatic rings. The zero-order valence-corrected chi connectivity index (χ0v) is 22.3. The Labute approximate surface area is 226 Å². The Morgan fingerprint density at radius 1 is 0.421 bits per heavy atom. The summed E-state index contributed by atoms with van der Waals surface area (Å²) in [7, 11) is 0. The number of benzene rings is 4. The van der Waals surface area contributed by atoms with Crippen LogP contribution in [-0.4, -0.2) is 49.5 Å². The molecule has 0 bridgehead atoms. The Hall–Kier alpha value is -3.16. The number of fused-ring (bicyclic) bond motifs is 2. The third-order valence-corrected chi connectivity index (χ3v) is 7.01. The highest BCUT2D eigenvalue weighted by molar-refractivity contribution is 5.88. The molecule has 0 spiro atoms. The van der Waals surface area contributed by atoms with Gasteiger partial charge in [0.2, 0.25) is 0 Å². The van der Waals surface area contributed by atoms with Crippen LogP contribution in [0.15, 0.2) is 72.8 Å². The molecule has 0 atom stereocenters. The second-order valence-electron chi connectivity index (χ2n) is 9.84. The van der Waals surface area contributed by atoms with Crippen LogP contribution in [0.25, 0.3) is 21.5 Å². The van der Waals surface area contributed by atoms with Gasteiger partial charge in [0.1, 0.15) is 11.5 Å². The summed E-state index contributed by atoms with van der Waals surface area (Å²) in [5.41, 5.74) is 1.95. The maximum atomic E-state index is 10.2. The number of hydrogen-bond acceptors (Lipinski definition) is 6. The molecule has 0 radical (unpaired) electrons. The monoisotopic (exact) mass is 514 g/mol. The van der Waals surface area contributed by atoms with Gasteiger partial charge in [-0.2, -0.15) is 0 Å². The van der Waals surface area contributed by atoms with E-state index in [2.05, 4.69) is 45.5 Å². The number of nitrogens with one attached hydrogen (secondary N) is 4. The molecule has 6 N–H and O–H groups in total. The average molecular weight is 515 g/mol. The fraction of sp³-hybridized carbons (Fsp3) is 0.375. The quantitative estimate of drug-likeness (QED) is 0.111. The van der Waals surface area contributed by atoms with E-state index in [1.165, 1.54) is 12.8 Å². The van der Waals surface area contributed by atoms with Gasteiger partial charge in [-0.1, -0.05) is 60.7 Å². The van der Waals surface area contributed by atoms with E-state index in [1.807, 2.05) is 36.4 Å². The molecule has 0 saturated carbocycles. The lowest BCUT2D eigenvalue weighted by molar-refractivity contribution is 0.464. The van der Waals surface area contributed by atoms with Crippen molar-refractivity contribution in [2.75, 3.05) is 39.3 Å². The van der Waals surface area contributed by atoms with Crippen molar-refractivity contribution in [1.29, 1.82) is 0 Å². The van der Waals surface area contributed by atoms with Crippen LogP contribution in [0, 0.1) is 0 Å². The molecule has 4 aromatic carbocycles. The van der Waals surface area contributed by atoms with E-state index < -0.39 is 0 Å². The number of hydrogen-bond donors (Lipinski definition) is 6. The van der Waals surface area contributed by atoms with E-state index in [4.69, 9.17) is 0 Å². The first-order valence-corrected chi connectivity index (χ1v) is 14.0. The maximum Gasteiger partial charge on any atom is 0.120 e. The Balaban J connectivity index is 0.960. The fourth-order valence-electron chi connectivity index (χ4n) is 4.87. The molecule has 0 amide bonds. The lowest BCUT2D eigenvalue weighted by atomic mass is 10.0. The summed E-state index contributed by atoms with van der Waals surface area (Å²) in [4.78, 5) is 0. The summed E-state index contributed by atoms with van der Waals surface area (Å²) in [6, 6.07) is 23.9. The van der Waals surface area contributed by atoms with Crippen LogP contribution in [0.1, 0.15) is 36.8 Å². The molecule has 0 fully saturated rings. The number of unbranched alkanes of at least 4 members (excludes halogenated alkanes) is 1. The van der Waals surface area contributed by atoms with Crippen molar-refractivity contribution in [1.82, 2.24) is 21.3 Å². The molecule has 0 aliphatic carbocycles. The summed E-state index contributed by atoms with van der Waals surface area (Å²) in [5.74, 6) is 0.723. The highest BCUT2D eigenvalue weighted by atomic mass is 16.3. The van der Waals surface area contributed by atoms with Crippen LogP contribution in [0.4, 0.5) is 0 Å². The summed E-state index contributed by atoms with van der Waals surface area (Å²) in [6.07, 6.45) is 4.46. The molecule has 4 rings (SSSR count). The first-order chi connectivity index (χ1) is 18.7. The number of rotatable bonds is 17. The van der Waals surface area contributed by atoms with E-state index in [-0.39, 0.29) is 0 Å². The van der Waals surface area contributed by atoms with Gasteiger partial charge >= 0.3 is 0 Å². The van der Waals surface area contributed by atoms with E-state index >= 15 is 0 Å². The molecule has 0 unspecified atom stereocenters. The van der Waals surface area contributed by atoms with Gasteiger partial charge in [0.25, 0.3) is 0 Å². The van der Waals surface area contributed by atoms with Crippen molar-refractivity contribution in [3.63, 3.8) is 0 Å². The van der Waals surface area contributed by atoms with Crippen molar-refractivity contribution >= 4 is 21.5 Å². The number of phenols is 2. The first-order valence-electron chi connectivity index (χ1n) is 14.0. The van der Waals surface area contributed by atoms with Gasteiger partial charge in [0, 0.05) is 24.2 Å². The van der Waals surface area contributed by atoms with Crippen LogP contribution >= 0.6 is 0 Å². The van der Waals surface area contributed by atoms with Gasteiger partial charge in [-0.3, -0.25) is 0 Å². The number of phenolic OH excluding ortho intramolecular Hbond substituents is 2. The zero-order valence-electron chi connectivity index (χ0n) is 22.3. The van der Waals surface area contributed by atoms with Crippen LogP contribution in [0.5, 0.6) is 11.5 Å². The lowest BCUT2D eigenvalue weighted by Crippen LogP contribution is -2.24. The molecule has 0 aliphatic rings. The van der Waals surface area contributed by atoms with E-state index in [1.54, 1.807) is 12.1 Å². The van der Waals surface area contributed by atoms with Gasteiger partial charge in [0.05, 0.1) is 0 Å². The highest BCUT2D eigenvalue weighted by Gasteiger charge is 2.07. The smallest absolute Gasteiger partial charge is 0.120 e. The summed E-state index contributed by atoms with van der Waals surface area (Å²) in [5, 5.41) is 39.0. The van der Waals surface area contributed by atoms with Crippen molar-refractivity contribution in [2.24, 2.45) is 0 Å². The highest BCUT2D eigenvalue weighted by Crippen LogP contribution is 2.27. The second-order valence-corrected chi connectivity index (χ2v) is 9.84.